The van der Waals surface area contributed by atoms with Gasteiger partial charge in [-0.05, 0) is 36.8 Å². The molecule has 0 amide bonds. The Balaban J connectivity index is 2.36. The predicted octanol–water partition coefficient (Wildman–Crippen LogP) is 3.33. The number of ether oxygens (including phenoxy) is 1. The Morgan fingerprint density at radius 3 is 2.59 bits per heavy atom. The van der Waals surface area contributed by atoms with Gasteiger partial charge in [-0.2, -0.15) is 5.10 Å². The molecule has 0 unspecified atom stereocenters. The second-order valence-corrected chi connectivity index (χ2v) is 3.69. The summed E-state index contributed by atoms with van der Waals surface area (Å²) in [6, 6.07) is 6.79. The third kappa shape index (κ3) is 2.27. The first-order valence-electron chi connectivity index (χ1n) is 5.10. The van der Waals surface area contributed by atoms with Crippen LogP contribution < -0.4 is 4.74 Å². The van der Waals surface area contributed by atoms with Crippen molar-refractivity contribution in [3.63, 3.8) is 0 Å². The number of aromatic amines is 1. The highest BCUT2D eigenvalue weighted by molar-refractivity contribution is 5.62. The number of aryl methyl sites for hydroxylation is 1. The monoisotopic (exact) mass is 238 g/mol. The first-order chi connectivity index (χ1) is 8.11. The van der Waals surface area contributed by atoms with Crippen molar-refractivity contribution in [1.82, 2.24) is 10.2 Å². The molecule has 5 heteroatoms. The van der Waals surface area contributed by atoms with E-state index < -0.39 is 6.43 Å². The Morgan fingerprint density at radius 2 is 2.06 bits per heavy atom. The Labute approximate surface area is 97.4 Å². The van der Waals surface area contributed by atoms with Crippen LogP contribution >= 0.6 is 0 Å². The van der Waals surface area contributed by atoms with Crippen LogP contribution in [0.25, 0.3) is 11.3 Å². The van der Waals surface area contributed by atoms with Crippen LogP contribution in [-0.2, 0) is 0 Å². The molecule has 0 aliphatic rings. The largest absolute Gasteiger partial charge is 0.496 e. The second-order valence-electron chi connectivity index (χ2n) is 3.69. The second kappa shape index (κ2) is 4.53. The summed E-state index contributed by atoms with van der Waals surface area (Å²) in [5, 5.41) is 6.18. The molecular weight excluding hydrogens is 226 g/mol. The fraction of sp³-hybridized carbons (Fsp3) is 0.250. The number of rotatable bonds is 3. The summed E-state index contributed by atoms with van der Waals surface area (Å²) in [5.74, 6) is 0.762. The molecule has 90 valence electrons. The van der Waals surface area contributed by atoms with Gasteiger partial charge in [0.15, 0.2) is 0 Å². The maximum atomic E-state index is 12.4. The number of alkyl halides is 2. The maximum absolute atomic E-state index is 12.4. The molecule has 0 fully saturated rings. The van der Waals surface area contributed by atoms with E-state index in [-0.39, 0.29) is 5.69 Å². The first-order valence-corrected chi connectivity index (χ1v) is 5.10. The lowest BCUT2D eigenvalue weighted by Crippen LogP contribution is -1.87. The number of H-pyrrole nitrogens is 1. The zero-order chi connectivity index (χ0) is 12.4. The molecule has 1 N–H and O–H groups in total. The molecule has 0 aliphatic carbocycles. The molecule has 0 saturated heterocycles. The highest BCUT2D eigenvalue weighted by Gasteiger charge is 2.12. The SMILES string of the molecule is COc1ccc(-c2cc(C(F)F)[nH]n2)cc1C. The van der Waals surface area contributed by atoms with Gasteiger partial charge in [-0.15, -0.1) is 0 Å². The van der Waals surface area contributed by atoms with Crippen molar-refractivity contribution in [2.45, 2.75) is 13.3 Å². The minimum atomic E-state index is -2.53. The molecule has 2 rings (SSSR count). The lowest BCUT2D eigenvalue weighted by Gasteiger charge is -2.05. The minimum Gasteiger partial charge on any atom is -0.496 e. The van der Waals surface area contributed by atoms with Gasteiger partial charge in [-0.3, -0.25) is 5.10 Å². The molecule has 0 saturated carbocycles. The van der Waals surface area contributed by atoms with Crippen molar-refractivity contribution in [3.05, 3.63) is 35.5 Å². The van der Waals surface area contributed by atoms with Crippen LogP contribution in [0.3, 0.4) is 0 Å². The van der Waals surface area contributed by atoms with E-state index in [1.54, 1.807) is 19.2 Å². The molecular formula is C12H12F2N2O. The van der Waals surface area contributed by atoms with Crippen molar-refractivity contribution >= 4 is 0 Å². The van der Waals surface area contributed by atoms with Gasteiger partial charge in [0.1, 0.15) is 11.4 Å². The number of nitrogens with one attached hydrogen (secondary N) is 1. The number of benzene rings is 1. The van der Waals surface area contributed by atoms with Crippen LogP contribution in [-0.4, -0.2) is 17.3 Å². The van der Waals surface area contributed by atoms with E-state index in [0.29, 0.717) is 5.69 Å². The fourth-order valence-electron chi connectivity index (χ4n) is 1.63. The lowest BCUT2D eigenvalue weighted by atomic mass is 10.1. The van der Waals surface area contributed by atoms with Gasteiger partial charge in [0.2, 0.25) is 0 Å². The van der Waals surface area contributed by atoms with Crippen molar-refractivity contribution in [3.8, 4) is 17.0 Å². The Morgan fingerprint density at radius 1 is 1.29 bits per heavy atom. The van der Waals surface area contributed by atoms with Crippen LogP contribution in [0.15, 0.2) is 24.3 Å². The Bertz CT molecular complexity index is 523. The van der Waals surface area contributed by atoms with Gasteiger partial charge in [-0.25, -0.2) is 8.78 Å². The van der Waals surface area contributed by atoms with Crippen molar-refractivity contribution in [1.29, 1.82) is 0 Å². The number of halogens is 2. The summed E-state index contributed by atoms with van der Waals surface area (Å²) >= 11 is 0. The molecule has 1 heterocycles. The first kappa shape index (κ1) is 11.6. The summed E-state index contributed by atoms with van der Waals surface area (Å²) in [7, 11) is 1.59. The fourth-order valence-corrected chi connectivity index (χ4v) is 1.63. The van der Waals surface area contributed by atoms with Gasteiger partial charge in [-0.1, -0.05) is 0 Å². The van der Waals surface area contributed by atoms with Crippen LogP contribution in [0, 0.1) is 6.92 Å². The molecule has 17 heavy (non-hydrogen) atoms. The third-order valence-corrected chi connectivity index (χ3v) is 2.52. The maximum Gasteiger partial charge on any atom is 0.279 e. The van der Waals surface area contributed by atoms with E-state index in [1.807, 2.05) is 13.0 Å². The van der Waals surface area contributed by atoms with Gasteiger partial charge in [0, 0.05) is 5.56 Å². The lowest BCUT2D eigenvalue weighted by molar-refractivity contribution is 0.146. The summed E-state index contributed by atoms with van der Waals surface area (Å²) in [6.45, 7) is 1.89. The summed E-state index contributed by atoms with van der Waals surface area (Å²) in [5.41, 5.74) is 2.05. The van der Waals surface area contributed by atoms with Gasteiger partial charge in [0.25, 0.3) is 6.43 Å². The molecule has 1 aromatic carbocycles. The van der Waals surface area contributed by atoms with Crippen LogP contribution in [0.4, 0.5) is 8.78 Å². The van der Waals surface area contributed by atoms with Crippen LogP contribution in [0.1, 0.15) is 17.7 Å². The molecule has 0 aliphatic heterocycles. The molecule has 0 bridgehead atoms. The van der Waals surface area contributed by atoms with Gasteiger partial charge >= 0.3 is 0 Å². The van der Waals surface area contributed by atoms with Crippen LogP contribution in [0.2, 0.25) is 0 Å². The van der Waals surface area contributed by atoms with Crippen molar-refractivity contribution in [2.24, 2.45) is 0 Å². The average Bonchev–Trinajstić information content (AvgIpc) is 2.78. The number of hydrogen-bond acceptors (Lipinski definition) is 2. The van der Waals surface area contributed by atoms with Gasteiger partial charge < -0.3 is 4.74 Å². The van der Waals surface area contributed by atoms with E-state index >= 15 is 0 Å². The number of methoxy groups -OCH3 is 1. The molecule has 0 spiro atoms. The van der Waals surface area contributed by atoms with E-state index in [0.717, 1.165) is 16.9 Å². The molecule has 0 atom stereocenters. The quantitative estimate of drug-likeness (QED) is 0.890. The van der Waals surface area contributed by atoms with E-state index in [1.165, 1.54) is 6.07 Å². The summed E-state index contributed by atoms with van der Waals surface area (Å²) in [4.78, 5) is 0. The number of nitrogens with zero attached hydrogens (tertiary/aromatic N) is 1. The van der Waals surface area contributed by atoms with Crippen LogP contribution in [0.5, 0.6) is 5.75 Å². The zero-order valence-corrected chi connectivity index (χ0v) is 9.50. The normalized spacial score (nSPS) is 10.9. The van der Waals surface area contributed by atoms with Gasteiger partial charge in [0.05, 0.1) is 12.8 Å². The van der Waals surface area contributed by atoms with E-state index in [4.69, 9.17) is 4.74 Å². The Kier molecular flexibility index (Phi) is 3.08. The number of aromatic nitrogens is 2. The molecule has 1 aromatic heterocycles. The number of hydrogen-bond donors (Lipinski definition) is 1. The molecule has 2 aromatic rings. The van der Waals surface area contributed by atoms with Crippen molar-refractivity contribution < 1.29 is 13.5 Å². The topological polar surface area (TPSA) is 37.9 Å². The third-order valence-electron chi connectivity index (χ3n) is 2.52. The van der Waals surface area contributed by atoms with E-state index in [9.17, 15) is 8.78 Å². The summed E-state index contributed by atoms with van der Waals surface area (Å²) in [6.07, 6.45) is -2.53. The highest BCUT2D eigenvalue weighted by atomic mass is 19.3. The zero-order valence-electron chi connectivity index (χ0n) is 9.50. The molecule has 3 nitrogen and oxygen atoms in total. The molecule has 0 radical (unpaired) electrons. The predicted molar refractivity (Wildman–Crippen MR) is 60.3 cm³/mol. The van der Waals surface area contributed by atoms with E-state index in [2.05, 4.69) is 10.2 Å². The highest BCUT2D eigenvalue weighted by Crippen LogP contribution is 2.27. The minimum absolute atomic E-state index is 0.173. The smallest absolute Gasteiger partial charge is 0.279 e. The Hall–Kier alpha value is -1.91. The summed E-state index contributed by atoms with van der Waals surface area (Å²) < 4.78 is 29.9. The average molecular weight is 238 g/mol. The van der Waals surface area contributed by atoms with Crippen molar-refractivity contribution in [2.75, 3.05) is 7.11 Å². The standard InChI is InChI=1S/C12H12F2N2O/c1-7-5-8(3-4-11(7)17-2)9-6-10(12(13)14)16-15-9/h3-6,12H,1-2H3,(H,15,16).